The van der Waals surface area contributed by atoms with Gasteiger partial charge in [0.15, 0.2) is 0 Å². The molecular weight excluding hydrogens is 940 g/mol. The first-order valence-electron chi connectivity index (χ1n) is 23.9. The van der Waals surface area contributed by atoms with Crippen molar-refractivity contribution in [2.24, 2.45) is 0 Å². The number of fused-ring (bicyclic) bond motifs is 19. The Kier molecular flexibility index (Phi) is 9.07. The summed E-state index contributed by atoms with van der Waals surface area (Å²) in [6, 6.07) is 56.9. The van der Waals surface area contributed by atoms with E-state index in [1.54, 1.807) is 36.4 Å². The van der Waals surface area contributed by atoms with E-state index in [0.717, 1.165) is 146 Å². The standard InChI is InChI=1S/C64H35F9/c65-62(66,67)38-17-9-35(10-18-38)53-56-41-7-3-1-5-33(41)15-23-43(56)45-25-27-49-47(58(45)53)29-31-51-52-32-30-48-50(61(52)55(60(49)51)37-13-21-40(22-14-37)64(71,72)73)28-26-46-44-24-16-34-6-2-4-8-42(34)57(44)54(59(46)48)36-11-19-39(20-12-36)63(68,69)70/h1-32,53-55H. The van der Waals surface area contributed by atoms with E-state index in [1.807, 2.05) is 48.5 Å². The van der Waals surface area contributed by atoms with Crippen LogP contribution in [0.3, 0.4) is 0 Å². The summed E-state index contributed by atoms with van der Waals surface area (Å²) in [4.78, 5) is 0. The molecule has 0 radical (unpaired) electrons. The van der Waals surface area contributed by atoms with Gasteiger partial charge in [-0.1, -0.05) is 158 Å². The molecule has 3 aliphatic carbocycles. The zero-order valence-electron chi connectivity index (χ0n) is 38.1. The number of hydrogen-bond acceptors (Lipinski definition) is 0. The molecule has 73 heavy (non-hydrogen) atoms. The molecular formula is C64H35F9. The summed E-state index contributed by atoms with van der Waals surface area (Å²) in [5.74, 6) is -1.51. The van der Waals surface area contributed by atoms with Crippen molar-refractivity contribution in [2.45, 2.75) is 36.3 Å². The fourth-order valence-corrected chi connectivity index (χ4v) is 12.8. The molecule has 3 aliphatic rings. The van der Waals surface area contributed by atoms with Gasteiger partial charge in [0.2, 0.25) is 0 Å². The monoisotopic (exact) mass is 974 g/mol. The Labute approximate surface area is 411 Å². The van der Waals surface area contributed by atoms with Gasteiger partial charge in [-0.2, -0.15) is 39.5 Å². The average molecular weight is 975 g/mol. The largest absolute Gasteiger partial charge is 0.416 e. The normalized spacial score (nSPS) is 16.7. The van der Waals surface area contributed by atoms with E-state index in [0.29, 0.717) is 16.7 Å². The highest BCUT2D eigenvalue weighted by Crippen LogP contribution is 2.60. The van der Waals surface area contributed by atoms with Crippen LogP contribution in [0.2, 0.25) is 0 Å². The molecule has 0 saturated carbocycles. The van der Waals surface area contributed by atoms with Crippen molar-refractivity contribution in [1.29, 1.82) is 0 Å². The van der Waals surface area contributed by atoms with E-state index < -0.39 is 53.0 Å². The molecule has 14 rings (SSSR count). The molecule has 11 aromatic rings. The number of halogens is 9. The van der Waals surface area contributed by atoms with Gasteiger partial charge in [0.1, 0.15) is 0 Å². The van der Waals surface area contributed by atoms with E-state index in [4.69, 9.17) is 0 Å². The fraction of sp³-hybridized carbons (Fsp3) is 0.0938. The van der Waals surface area contributed by atoms with Crippen LogP contribution in [-0.2, 0) is 18.5 Å². The Morgan fingerprint density at radius 1 is 0.219 bits per heavy atom. The molecule has 0 spiro atoms. The second-order valence-corrected chi connectivity index (χ2v) is 19.5. The average Bonchev–Trinajstić information content (AvgIpc) is 4.06. The van der Waals surface area contributed by atoms with Crippen LogP contribution >= 0.6 is 0 Å². The number of hydrogen-bond donors (Lipinski definition) is 0. The predicted octanol–water partition coefficient (Wildman–Crippen LogP) is 18.8. The molecule has 0 aromatic heterocycles. The number of alkyl halides is 9. The summed E-state index contributed by atoms with van der Waals surface area (Å²) in [5, 5.41) is 7.42. The van der Waals surface area contributed by atoms with Crippen LogP contribution in [0.4, 0.5) is 39.5 Å². The zero-order chi connectivity index (χ0) is 49.9. The van der Waals surface area contributed by atoms with Crippen molar-refractivity contribution in [3.63, 3.8) is 0 Å². The summed E-state index contributed by atoms with van der Waals surface area (Å²) in [6.45, 7) is 0. The van der Waals surface area contributed by atoms with Crippen LogP contribution in [0, 0.1) is 0 Å². The van der Waals surface area contributed by atoms with E-state index >= 15 is 0 Å². The van der Waals surface area contributed by atoms with Crippen molar-refractivity contribution in [3.8, 4) is 33.4 Å². The Hall–Kier alpha value is -8.17. The zero-order valence-corrected chi connectivity index (χ0v) is 38.1. The van der Waals surface area contributed by atoms with Gasteiger partial charge in [0, 0.05) is 17.8 Å². The Bertz CT molecular complexity index is 3900. The third kappa shape index (κ3) is 6.36. The molecule has 0 saturated heterocycles. The van der Waals surface area contributed by atoms with Crippen LogP contribution in [0.1, 0.15) is 84.5 Å². The second-order valence-electron chi connectivity index (χ2n) is 19.5. The SMILES string of the molecule is FC(F)(F)c1ccc(C2c3c(ccc4ccccc34)-c3ccc4c5c(ccc4c32)-c2ccc3c4c(ccc3c2C5c2ccc(C(F)(F)F)cc2)-c2ccc3ccccc3c2C4c2ccc(C(F)(F)F)cc2)cc1. The Morgan fingerprint density at radius 3 is 0.712 bits per heavy atom. The first-order chi connectivity index (χ1) is 35.1. The van der Waals surface area contributed by atoms with E-state index in [9.17, 15) is 39.5 Å². The molecule has 9 heteroatoms. The van der Waals surface area contributed by atoms with Gasteiger partial charge in [-0.3, -0.25) is 0 Å². The first-order valence-corrected chi connectivity index (χ1v) is 23.9. The van der Waals surface area contributed by atoms with Gasteiger partial charge in [-0.15, -0.1) is 0 Å². The fourth-order valence-electron chi connectivity index (χ4n) is 12.8. The minimum absolute atomic E-state index is 0.461. The maximum atomic E-state index is 14.3. The quantitative estimate of drug-likeness (QED) is 0.155. The molecule has 0 bridgehead atoms. The maximum Gasteiger partial charge on any atom is 0.416 e. The molecule has 11 aromatic carbocycles. The topological polar surface area (TPSA) is 0 Å². The molecule has 2 atom stereocenters. The highest BCUT2D eigenvalue weighted by atomic mass is 19.4. The van der Waals surface area contributed by atoms with Crippen molar-refractivity contribution in [3.05, 3.63) is 261 Å². The highest BCUT2D eigenvalue weighted by Gasteiger charge is 2.41. The van der Waals surface area contributed by atoms with Gasteiger partial charge in [0.25, 0.3) is 0 Å². The predicted molar refractivity (Wildman–Crippen MR) is 270 cm³/mol. The number of benzene rings is 11. The molecule has 0 amide bonds. The Morgan fingerprint density at radius 2 is 0.452 bits per heavy atom. The smallest absolute Gasteiger partial charge is 0.166 e. The lowest BCUT2D eigenvalue weighted by Crippen LogP contribution is -2.07. The summed E-state index contributed by atoms with van der Waals surface area (Å²) in [5.41, 5.74) is 11.0. The highest BCUT2D eigenvalue weighted by molar-refractivity contribution is 6.11. The maximum absolute atomic E-state index is 14.3. The molecule has 0 nitrogen and oxygen atoms in total. The van der Waals surface area contributed by atoms with E-state index in [1.165, 1.54) is 0 Å². The van der Waals surface area contributed by atoms with Crippen LogP contribution in [0.15, 0.2) is 194 Å². The van der Waals surface area contributed by atoms with Gasteiger partial charge >= 0.3 is 18.5 Å². The second kappa shape index (κ2) is 15.2. The van der Waals surface area contributed by atoms with Crippen LogP contribution in [0.25, 0.3) is 76.5 Å². The number of rotatable bonds is 3. The lowest BCUT2D eigenvalue weighted by atomic mass is 9.80. The Balaban J connectivity index is 1.02. The molecule has 2 unspecified atom stereocenters. The van der Waals surface area contributed by atoms with Gasteiger partial charge in [-0.05, 0) is 163 Å². The first kappa shape index (κ1) is 43.6. The third-order valence-corrected chi connectivity index (χ3v) is 15.8. The van der Waals surface area contributed by atoms with Crippen LogP contribution < -0.4 is 0 Å². The molecule has 0 N–H and O–H groups in total. The summed E-state index contributed by atoms with van der Waals surface area (Å²) >= 11 is 0. The van der Waals surface area contributed by atoms with Crippen molar-refractivity contribution >= 4 is 43.1 Å². The van der Waals surface area contributed by atoms with Gasteiger partial charge in [-0.25, -0.2) is 0 Å². The summed E-state index contributed by atoms with van der Waals surface area (Å²) < 4.78 is 127. The van der Waals surface area contributed by atoms with Crippen molar-refractivity contribution in [1.82, 2.24) is 0 Å². The molecule has 0 fully saturated rings. The minimum Gasteiger partial charge on any atom is -0.166 e. The van der Waals surface area contributed by atoms with Crippen LogP contribution in [0.5, 0.6) is 0 Å². The van der Waals surface area contributed by atoms with Crippen LogP contribution in [-0.4, -0.2) is 0 Å². The summed E-state index contributed by atoms with van der Waals surface area (Å²) in [6.07, 6.45) is -13.6. The molecule has 0 aliphatic heterocycles. The van der Waals surface area contributed by atoms with Gasteiger partial charge < -0.3 is 0 Å². The summed E-state index contributed by atoms with van der Waals surface area (Å²) in [7, 11) is 0. The minimum atomic E-state index is -4.58. The third-order valence-electron chi connectivity index (χ3n) is 15.8. The van der Waals surface area contributed by atoms with Crippen molar-refractivity contribution in [2.75, 3.05) is 0 Å². The van der Waals surface area contributed by atoms with E-state index in [2.05, 4.69) is 72.8 Å². The van der Waals surface area contributed by atoms with Gasteiger partial charge in [0.05, 0.1) is 16.7 Å². The lowest BCUT2D eigenvalue weighted by Gasteiger charge is -2.22. The molecule has 0 heterocycles. The lowest BCUT2D eigenvalue weighted by molar-refractivity contribution is -0.138. The van der Waals surface area contributed by atoms with E-state index in [-0.39, 0.29) is 0 Å². The van der Waals surface area contributed by atoms with Crippen molar-refractivity contribution < 1.29 is 39.5 Å². The molecule has 354 valence electrons.